The van der Waals surface area contributed by atoms with Gasteiger partial charge in [0, 0.05) is 12.1 Å². The fraction of sp³-hybridized carbons (Fsp3) is 0.188. The van der Waals surface area contributed by atoms with Crippen molar-refractivity contribution >= 4 is 35.1 Å². The number of carbonyl (C=O) groups excluding carboxylic acids is 2. The van der Waals surface area contributed by atoms with Crippen LogP contribution in [0.5, 0.6) is 5.75 Å². The molecule has 0 saturated heterocycles. The molecule has 1 aromatic carbocycles. The van der Waals surface area contributed by atoms with Crippen LogP contribution in [-0.2, 0) is 16.1 Å². The standard InChI is InChI=1S/C16H11Cl2F3N2O4/c17-10-5-6-12(18)23-14(10)15(25)26-8-13(24)22-7-9-3-1-2-4-11(9)27-16(19,20)21/h1-6H,7-8H2,(H,22,24). The second-order valence-electron chi connectivity index (χ2n) is 4.97. The van der Waals surface area contributed by atoms with E-state index >= 15 is 0 Å². The number of carbonyl (C=O) groups is 2. The molecular formula is C16H11Cl2F3N2O4. The van der Waals surface area contributed by atoms with Gasteiger partial charge in [-0.25, -0.2) is 9.78 Å². The summed E-state index contributed by atoms with van der Waals surface area (Å²) >= 11 is 11.4. The van der Waals surface area contributed by atoms with Crippen molar-refractivity contribution in [3.8, 4) is 5.75 Å². The second-order valence-corrected chi connectivity index (χ2v) is 5.77. The lowest BCUT2D eigenvalue weighted by Gasteiger charge is -2.13. The Morgan fingerprint density at radius 1 is 1.11 bits per heavy atom. The van der Waals surface area contributed by atoms with Crippen molar-refractivity contribution < 1.29 is 32.2 Å². The minimum absolute atomic E-state index is 0.0111. The van der Waals surface area contributed by atoms with E-state index in [1.165, 1.54) is 30.3 Å². The number of ether oxygens (including phenoxy) is 2. The zero-order valence-corrected chi connectivity index (χ0v) is 14.9. The van der Waals surface area contributed by atoms with Crippen LogP contribution < -0.4 is 10.1 Å². The number of alkyl halides is 3. The largest absolute Gasteiger partial charge is 0.573 e. The molecule has 6 nitrogen and oxygen atoms in total. The Morgan fingerprint density at radius 2 is 1.81 bits per heavy atom. The second kappa shape index (κ2) is 8.92. The van der Waals surface area contributed by atoms with Crippen LogP contribution in [0.25, 0.3) is 0 Å². The lowest BCUT2D eigenvalue weighted by Crippen LogP contribution is -2.29. The summed E-state index contributed by atoms with van der Waals surface area (Å²) < 4.78 is 45.7. The van der Waals surface area contributed by atoms with E-state index in [0.717, 1.165) is 6.07 Å². The average Bonchev–Trinajstić information content (AvgIpc) is 2.59. The molecule has 0 aliphatic rings. The van der Waals surface area contributed by atoms with E-state index in [1.807, 2.05) is 0 Å². The van der Waals surface area contributed by atoms with Crippen molar-refractivity contribution in [2.75, 3.05) is 6.61 Å². The summed E-state index contributed by atoms with van der Waals surface area (Å²) in [5.74, 6) is -2.17. The van der Waals surface area contributed by atoms with E-state index < -0.39 is 30.6 Å². The van der Waals surface area contributed by atoms with Gasteiger partial charge in [-0.05, 0) is 18.2 Å². The third-order valence-corrected chi connectivity index (χ3v) is 3.53. The van der Waals surface area contributed by atoms with Crippen molar-refractivity contribution in [3.63, 3.8) is 0 Å². The number of halogens is 5. The summed E-state index contributed by atoms with van der Waals surface area (Å²) in [6.45, 7) is -0.954. The van der Waals surface area contributed by atoms with Crippen molar-refractivity contribution in [3.05, 3.63) is 57.8 Å². The molecule has 0 fully saturated rings. The smallest absolute Gasteiger partial charge is 0.451 e. The van der Waals surface area contributed by atoms with E-state index in [4.69, 9.17) is 27.9 Å². The molecule has 1 N–H and O–H groups in total. The van der Waals surface area contributed by atoms with Gasteiger partial charge in [-0.15, -0.1) is 13.2 Å². The van der Waals surface area contributed by atoms with Gasteiger partial charge in [0.2, 0.25) is 0 Å². The van der Waals surface area contributed by atoms with E-state index in [0.29, 0.717) is 0 Å². The molecule has 11 heteroatoms. The van der Waals surface area contributed by atoms with Gasteiger partial charge in [0.1, 0.15) is 10.9 Å². The number of nitrogens with one attached hydrogen (secondary N) is 1. The van der Waals surface area contributed by atoms with Gasteiger partial charge in [0.15, 0.2) is 12.3 Å². The number of nitrogens with zero attached hydrogens (tertiary/aromatic N) is 1. The maximum atomic E-state index is 12.4. The van der Waals surface area contributed by atoms with Gasteiger partial charge < -0.3 is 14.8 Å². The molecule has 0 aliphatic heterocycles. The maximum Gasteiger partial charge on any atom is 0.573 e. The molecule has 1 amide bonds. The lowest BCUT2D eigenvalue weighted by atomic mass is 10.2. The van der Waals surface area contributed by atoms with Crippen molar-refractivity contribution in [1.82, 2.24) is 10.3 Å². The highest BCUT2D eigenvalue weighted by Crippen LogP contribution is 2.26. The van der Waals surface area contributed by atoms with Gasteiger partial charge >= 0.3 is 12.3 Å². The predicted molar refractivity (Wildman–Crippen MR) is 89.5 cm³/mol. The average molecular weight is 423 g/mol. The number of hydrogen-bond acceptors (Lipinski definition) is 5. The maximum absolute atomic E-state index is 12.4. The molecule has 2 aromatic rings. The highest BCUT2D eigenvalue weighted by atomic mass is 35.5. The van der Waals surface area contributed by atoms with Crippen molar-refractivity contribution in [2.24, 2.45) is 0 Å². The van der Waals surface area contributed by atoms with Gasteiger partial charge in [-0.1, -0.05) is 41.4 Å². The molecule has 0 spiro atoms. The summed E-state index contributed by atoms with van der Waals surface area (Å²) in [5, 5.41) is 2.32. The first-order valence-electron chi connectivity index (χ1n) is 7.25. The highest BCUT2D eigenvalue weighted by molar-refractivity contribution is 6.34. The van der Waals surface area contributed by atoms with Crippen LogP contribution in [0.3, 0.4) is 0 Å². The molecule has 2 rings (SSSR count). The molecule has 0 bridgehead atoms. The Labute approximate surface area is 161 Å². The third kappa shape index (κ3) is 6.61. The van der Waals surface area contributed by atoms with Crippen molar-refractivity contribution in [1.29, 1.82) is 0 Å². The van der Waals surface area contributed by atoms with Gasteiger partial charge in [-0.2, -0.15) is 0 Å². The van der Waals surface area contributed by atoms with Crippen LogP contribution in [0.1, 0.15) is 16.1 Å². The van der Waals surface area contributed by atoms with E-state index in [-0.39, 0.29) is 28.0 Å². The van der Waals surface area contributed by atoms with Crippen molar-refractivity contribution in [2.45, 2.75) is 12.9 Å². The number of rotatable bonds is 6. The SMILES string of the molecule is O=C(COC(=O)c1nc(Cl)ccc1Cl)NCc1ccccc1OC(F)(F)F. The van der Waals surface area contributed by atoms with Gasteiger partial charge in [-0.3, -0.25) is 4.79 Å². The monoisotopic (exact) mass is 422 g/mol. The molecule has 0 unspecified atom stereocenters. The summed E-state index contributed by atoms with van der Waals surface area (Å²) in [6, 6.07) is 8.01. The zero-order valence-electron chi connectivity index (χ0n) is 13.3. The first-order chi connectivity index (χ1) is 12.7. The molecule has 1 aromatic heterocycles. The first-order valence-corrected chi connectivity index (χ1v) is 8.01. The number of hydrogen-bond donors (Lipinski definition) is 1. The Kier molecular flexibility index (Phi) is 6.86. The number of amides is 1. The minimum Gasteiger partial charge on any atom is -0.451 e. The number of para-hydroxylation sites is 1. The Hall–Kier alpha value is -2.52. The summed E-state index contributed by atoms with van der Waals surface area (Å²) in [7, 11) is 0. The predicted octanol–water partition coefficient (Wildman–Crippen LogP) is 3.76. The zero-order chi connectivity index (χ0) is 20.0. The number of esters is 1. The van der Waals surface area contributed by atoms with Crippen LogP contribution in [0.4, 0.5) is 13.2 Å². The minimum atomic E-state index is -4.86. The van der Waals surface area contributed by atoms with E-state index in [9.17, 15) is 22.8 Å². The molecule has 0 radical (unpaired) electrons. The topological polar surface area (TPSA) is 77.5 Å². The normalized spacial score (nSPS) is 11.0. The molecular weight excluding hydrogens is 412 g/mol. The number of pyridine rings is 1. The van der Waals surface area contributed by atoms with Crippen LogP contribution >= 0.6 is 23.2 Å². The fourth-order valence-electron chi connectivity index (χ4n) is 1.88. The summed E-state index contributed by atoms with van der Waals surface area (Å²) in [4.78, 5) is 27.3. The van der Waals surface area contributed by atoms with Gasteiger partial charge in [0.05, 0.1) is 5.02 Å². The third-order valence-electron chi connectivity index (χ3n) is 3.01. The highest BCUT2D eigenvalue weighted by Gasteiger charge is 2.32. The molecule has 0 atom stereocenters. The van der Waals surface area contributed by atoms with Crippen LogP contribution in [0, 0.1) is 0 Å². The fourth-order valence-corrected chi connectivity index (χ4v) is 2.21. The van der Waals surface area contributed by atoms with Crippen LogP contribution in [0.2, 0.25) is 10.2 Å². The molecule has 27 heavy (non-hydrogen) atoms. The lowest BCUT2D eigenvalue weighted by molar-refractivity contribution is -0.274. The van der Waals surface area contributed by atoms with E-state index in [1.54, 1.807) is 0 Å². The Morgan fingerprint density at radius 3 is 2.52 bits per heavy atom. The summed E-state index contributed by atoms with van der Waals surface area (Å²) in [5.41, 5.74) is -0.171. The van der Waals surface area contributed by atoms with Crippen LogP contribution in [-0.4, -0.2) is 29.8 Å². The van der Waals surface area contributed by atoms with Crippen LogP contribution in [0.15, 0.2) is 36.4 Å². The molecule has 0 aliphatic carbocycles. The molecule has 0 saturated carbocycles. The quantitative estimate of drug-likeness (QED) is 0.566. The number of aromatic nitrogens is 1. The number of benzene rings is 1. The Balaban J connectivity index is 1.90. The van der Waals surface area contributed by atoms with Gasteiger partial charge in [0.25, 0.3) is 5.91 Å². The Bertz CT molecular complexity index is 847. The molecule has 1 heterocycles. The summed E-state index contributed by atoms with van der Waals surface area (Å²) in [6.07, 6.45) is -4.86. The first kappa shape index (κ1) is 20.8. The van der Waals surface area contributed by atoms with E-state index in [2.05, 4.69) is 15.0 Å². The molecule has 144 valence electrons.